The van der Waals surface area contributed by atoms with Gasteiger partial charge in [0.1, 0.15) is 5.69 Å². The van der Waals surface area contributed by atoms with Gasteiger partial charge in [0.05, 0.1) is 29.7 Å². The van der Waals surface area contributed by atoms with Gasteiger partial charge in [0, 0.05) is 18.0 Å². The second-order valence-corrected chi connectivity index (χ2v) is 8.97. The number of amides is 2. The van der Waals surface area contributed by atoms with E-state index < -0.39 is 11.7 Å². The highest BCUT2D eigenvalue weighted by Gasteiger charge is 2.27. The number of thiazole rings is 1. The van der Waals surface area contributed by atoms with E-state index in [1.54, 1.807) is 6.20 Å². The maximum Gasteiger partial charge on any atom is 0.233 e. The Morgan fingerprint density at radius 2 is 2.10 bits per heavy atom. The molecule has 1 fully saturated rings. The van der Waals surface area contributed by atoms with Crippen LogP contribution in [0.3, 0.4) is 0 Å². The molecule has 0 spiro atoms. The molecule has 1 aliphatic carbocycles. The summed E-state index contributed by atoms with van der Waals surface area (Å²) in [5.74, 6) is -1.20. The van der Waals surface area contributed by atoms with E-state index in [1.807, 2.05) is 5.38 Å². The average Bonchev–Trinajstić information content (AvgIpc) is 3.46. The van der Waals surface area contributed by atoms with Crippen molar-refractivity contribution < 1.29 is 19.2 Å². The van der Waals surface area contributed by atoms with Gasteiger partial charge in [-0.3, -0.25) is 14.8 Å². The molecule has 2 heterocycles. The molecule has 0 bridgehead atoms. The van der Waals surface area contributed by atoms with Crippen molar-refractivity contribution in [1.82, 2.24) is 25.3 Å². The molecule has 2 aromatic rings. The average molecular weight is 470 g/mol. The molecule has 8 nitrogen and oxygen atoms in total. The van der Waals surface area contributed by atoms with Crippen LogP contribution in [0, 0.1) is 17.7 Å². The molecule has 1 atom stereocenters. The van der Waals surface area contributed by atoms with Crippen LogP contribution in [0.4, 0.5) is 4.39 Å². The van der Waals surface area contributed by atoms with Crippen LogP contribution in [0.1, 0.15) is 48.5 Å². The molecule has 0 radical (unpaired) electrons. The van der Waals surface area contributed by atoms with Gasteiger partial charge in [0.2, 0.25) is 17.6 Å². The predicted molar refractivity (Wildman–Crippen MR) is 113 cm³/mol. The predicted octanol–water partition coefficient (Wildman–Crippen LogP) is 3.17. The van der Waals surface area contributed by atoms with Crippen LogP contribution in [-0.2, 0) is 29.0 Å². The van der Waals surface area contributed by atoms with Crippen LogP contribution in [0.5, 0.6) is 0 Å². The topological polar surface area (TPSA) is 108 Å². The number of hydrogen-bond acceptors (Lipinski definition) is 7. The standard InChI is InChI=1S/C20H25ClFN5O3S/c21-20-25-15(5-6-17-23-7-8-31-17)18(22)16(26-20)10-24-19(29)14(11-27(30)12-28)9-13-3-1-2-4-13/h7-8,12-14,30H,1-6,9-11H2,(H,24,29)/t14-/m1/s1. The first-order valence-corrected chi connectivity index (χ1v) is 11.5. The van der Waals surface area contributed by atoms with Gasteiger partial charge in [0.15, 0.2) is 5.82 Å². The fraction of sp³-hybridized carbons (Fsp3) is 0.550. The summed E-state index contributed by atoms with van der Waals surface area (Å²) in [5.41, 5.74) is 0.169. The molecule has 2 N–H and O–H groups in total. The van der Waals surface area contributed by atoms with Gasteiger partial charge in [-0.2, -0.15) is 0 Å². The molecule has 1 saturated carbocycles. The number of aromatic nitrogens is 3. The number of hydrogen-bond donors (Lipinski definition) is 2. The molecule has 2 aromatic heterocycles. The van der Waals surface area contributed by atoms with Crippen molar-refractivity contribution >= 4 is 35.3 Å². The number of carbonyl (C=O) groups excluding carboxylic acids is 2. The Balaban J connectivity index is 1.64. The SMILES string of the molecule is O=CN(O)C[C@@H](CC1CCCC1)C(=O)NCc1nc(Cl)nc(CCc2nccs2)c1F. The zero-order valence-corrected chi connectivity index (χ0v) is 18.5. The molecule has 0 unspecified atom stereocenters. The molecular formula is C20H25ClFN5O3S. The fourth-order valence-electron chi connectivity index (χ4n) is 3.89. The minimum absolute atomic E-state index is 0.00153. The number of aryl methyl sites for hydroxylation is 2. The third-order valence-electron chi connectivity index (χ3n) is 5.44. The van der Waals surface area contributed by atoms with Crippen molar-refractivity contribution in [3.8, 4) is 0 Å². The van der Waals surface area contributed by atoms with Crippen LogP contribution >= 0.6 is 22.9 Å². The smallest absolute Gasteiger partial charge is 0.233 e. The molecule has 1 aliphatic rings. The Morgan fingerprint density at radius 1 is 1.35 bits per heavy atom. The van der Waals surface area contributed by atoms with Gasteiger partial charge in [-0.1, -0.05) is 25.7 Å². The molecule has 0 saturated heterocycles. The first-order chi connectivity index (χ1) is 15.0. The van der Waals surface area contributed by atoms with Crippen LogP contribution in [0.15, 0.2) is 11.6 Å². The molecule has 0 aromatic carbocycles. The van der Waals surface area contributed by atoms with Crippen LogP contribution in [0.2, 0.25) is 5.28 Å². The summed E-state index contributed by atoms with van der Waals surface area (Å²) in [6.07, 6.45) is 7.62. The number of hydroxylamine groups is 2. The Morgan fingerprint density at radius 3 is 2.77 bits per heavy atom. The number of carbonyl (C=O) groups is 2. The highest BCUT2D eigenvalue weighted by molar-refractivity contribution is 7.09. The van der Waals surface area contributed by atoms with Crippen LogP contribution in [-0.4, -0.2) is 44.1 Å². The van der Waals surface area contributed by atoms with Crippen LogP contribution < -0.4 is 5.32 Å². The van der Waals surface area contributed by atoms with E-state index in [0.29, 0.717) is 30.2 Å². The normalized spacial score (nSPS) is 15.1. The molecule has 2 amide bonds. The van der Waals surface area contributed by atoms with Crippen molar-refractivity contribution in [2.45, 2.75) is 51.5 Å². The number of halogens is 2. The minimum atomic E-state index is -0.606. The molecule has 31 heavy (non-hydrogen) atoms. The summed E-state index contributed by atoms with van der Waals surface area (Å²) in [7, 11) is 0. The number of nitrogens with one attached hydrogen (secondary N) is 1. The Hall–Kier alpha value is -2.17. The van der Waals surface area contributed by atoms with E-state index in [0.717, 1.165) is 30.7 Å². The van der Waals surface area contributed by atoms with Crippen LogP contribution in [0.25, 0.3) is 0 Å². The second-order valence-electron chi connectivity index (χ2n) is 7.65. The van der Waals surface area contributed by atoms with E-state index in [1.165, 1.54) is 11.3 Å². The zero-order chi connectivity index (χ0) is 22.2. The highest BCUT2D eigenvalue weighted by atomic mass is 35.5. The fourth-order valence-corrected chi connectivity index (χ4v) is 4.72. The maximum atomic E-state index is 14.9. The first kappa shape index (κ1) is 23.5. The van der Waals surface area contributed by atoms with Gasteiger partial charge in [-0.25, -0.2) is 24.4 Å². The Kier molecular flexibility index (Phi) is 8.68. The van der Waals surface area contributed by atoms with E-state index >= 15 is 0 Å². The molecule has 3 rings (SSSR count). The van der Waals surface area contributed by atoms with Gasteiger partial charge >= 0.3 is 0 Å². The van der Waals surface area contributed by atoms with E-state index in [-0.39, 0.29) is 42.1 Å². The van der Waals surface area contributed by atoms with Gasteiger partial charge in [0.25, 0.3) is 0 Å². The lowest BCUT2D eigenvalue weighted by molar-refractivity contribution is -0.155. The van der Waals surface area contributed by atoms with E-state index in [9.17, 15) is 19.2 Å². The summed E-state index contributed by atoms with van der Waals surface area (Å²) < 4.78 is 14.9. The van der Waals surface area contributed by atoms with Gasteiger partial charge in [-0.15, -0.1) is 11.3 Å². The quantitative estimate of drug-likeness (QED) is 0.226. The molecule has 0 aliphatic heterocycles. The van der Waals surface area contributed by atoms with Crippen molar-refractivity contribution in [3.63, 3.8) is 0 Å². The summed E-state index contributed by atoms with van der Waals surface area (Å²) in [6.45, 7) is -0.275. The summed E-state index contributed by atoms with van der Waals surface area (Å²) in [6, 6.07) is 0. The van der Waals surface area contributed by atoms with E-state index in [4.69, 9.17) is 11.6 Å². The molecule has 11 heteroatoms. The van der Waals surface area contributed by atoms with Gasteiger partial charge in [-0.05, 0) is 30.4 Å². The number of nitrogens with zero attached hydrogens (tertiary/aromatic N) is 4. The molecular weight excluding hydrogens is 445 g/mol. The lowest BCUT2D eigenvalue weighted by Gasteiger charge is -2.22. The third kappa shape index (κ3) is 6.91. The Bertz CT molecular complexity index is 880. The second kappa shape index (κ2) is 11.4. The lowest BCUT2D eigenvalue weighted by Crippen LogP contribution is -2.38. The van der Waals surface area contributed by atoms with E-state index in [2.05, 4.69) is 20.3 Å². The lowest BCUT2D eigenvalue weighted by atomic mass is 9.92. The van der Waals surface area contributed by atoms with Crippen molar-refractivity contribution in [2.24, 2.45) is 11.8 Å². The third-order valence-corrected chi connectivity index (χ3v) is 6.45. The zero-order valence-electron chi connectivity index (χ0n) is 17.0. The largest absolute Gasteiger partial charge is 0.350 e. The molecule has 168 valence electrons. The summed E-state index contributed by atoms with van der Waals surface area (Å²) in [4.78, 5) is 35.6. The van der Waals surface area contributed by atoms with Crippen molar-refractivity contribution in [2.75, 3.05) is 6.54 Å². The highest BCUT2D eigenvalue weighted by Crippen LogP contribution is 2.30. The maximum absolute atomic E-state index is 14.9. The van der Waals surface area contributed by atoms with Crippen molar-refractivity contribution in [1.29, 1.82) is 0 Å². The van der Waals surface area contributed by atoms with Crippen molar-refractivity contribution in [3.05, 3.63) is 39.1 Å². The van der Waals surface area contributed by atoms with Gasteiger partial charge < -0.3 is 5.32 Å². The summed E-state index contributed by atoms with van der Waals surface area (Å²) in [5, 5.41) is 15.3. The number of rotatable bonds is 11. The first-order valence-electron chi connectivity index (χ1n) is 10.2. The minimum Gasteiger partial charge on any atom is -0.350 e. The monoisotopic (exact) mass is 469 g/mol. The Labute approximate surface area is 188 Å². The summed E-state index contributed by atoms with van der Waals surface area (Å²) >= 11 is 7.45.